The van der Waals surface area contributed by atoms with Gasteiger partial charge >= 0.3 is 5.97 Å². The molecule has 2 saturated heterocycles. The van der Waals surface area contributed by atoms with Crippen LogP contribution in [0.25, 0.3) is 0 Å². The molecule has 0 aliphatic carbocycles. The van der Waals surface area contributed by atoms with Gasteiger partial charge in [-0.05, 0) is 0 Å². The average Bonchev–Trinajstić information content (AvgIpc) is 2.57. The number of carbonyl (C=O) groups is 1. The van der Waals surface area contributed by atoms with Crippen molar-refractivity contribution in [1.82, 2.24) is 0 Å². The summed E-state index contributed by atoms with van der Waals surface area (Å²) in [4.78, 5) is 11.4. The highest BCUT2D eigenvalue weighted by atomic mass is 16.8. The van der Waals surface area contributed by atoms with Crippen molar-refractivity contribution in [1.29, 1.82) is 0 Å². The second-order valence-electron chi connectivity index (χ2n) is 5.52. The first-order valence-corrected chi connectivity index (χ1v) is 7.45. The summed E-state index contributed by atoms with van der Waals surface area (Å²) in [6, 6.07) is 9.41. The molecule has 6 atom stereocenters. The van der Waals surface area contributed by atoms with E-state index in [9.17, 15) is 9.90 Å². The van der Waals surface area contributed by atoms with Crippen LogP contribution in [0.4, 0.5) is 0 Å². The first kappa shape index (κ1) is 16.4. The Morgan fingerprint density at radius 3 is 2.65 bits per heavy atom. The summed E-state index contributed by atoms with van der Waals surface area (Å²) in [6.07, 6.45) is -4.66. The number of ether oxygens (including phenoxy) is 5. The van der Waals surface area contributed by atoms with E-state index in [2.05, 4.69) is 0 Å². The Morgan fingerprint density at radius 1 is 1.26 bits per heavy atom. The first-order chi connectivity index (χ1) is 11.1. The Bertz CT molecular complexity index is 534. The van der Waals surface area contributed by atoms with Crippen LogP contribution in [0.15, 0.2) is 30.3 Å². The Kier molecular flexibility index (Phi) is 4.93. The summed E-state index contributed by atoms with van der Waals surface area (Å²) in [7, 11) is 1.41. The third-order valence-electron chi connectivity index (χ3n) is 3.91. The lowest BCUT2D eigenvalue weighted by molar-refractivity contribution is -0.358. The molecule has 2 aliphatic rings. The van der Waals surface area contributed by atoms with Crippen molar-refractivity contribution in [2.45, 2.75) is 43.9 Å². The largest absolute Gasteiger partial charge is 0.457 e. The van der Waals surface area contributed by atoms with Crippen LogP contribution in [0.2, 0.25) is 0 Å². The Balaban J connectivity index is 1.80. The van der Waals surface area contributed by atoms with Crippen LogP contribution in [0.5, 0.6) is 0 Å². The predicted octanol–water partition coefficient (Wildman–Crippen LogP) is 0.764. The summed E-state index contributed by atoms with van der Waals surface area (Å²) in [5.74, 6) is -0.504. The van der Waals surface area contributed by atoms with Gasteiger partial charge in [0.2, 0.25) is 0 Å². The van der Waals surface area contributed by atoms with Gasteiger partial charge in [-0.1, -0.05) is 30.3 Å². The van der Waals surface area contributed by atoms with Crippen molar-refractivity contribution in [2.24, 2.45) is 0 Å². The normalized spacial score (nSPS) is 37.0. The van der Waals surface area contributed by atoms with Gasteiger partial charge in [0, 0.05) is 19.6 Å². The maximum atomic E-state index is 11.4. The highest BCUT2D eigenvalue weighted by molar-refractivity contribution is 5.66. The topological polar surface area (TPSA) is 83.5 Å². The minimum absolute atomic E-state index is 0.245. The minimum Gasteiger partial charge on any atom is -0.457 e. The van der Waals surface area contributed by atoms with Gasteiger partial charge in [0.05, 0.1) is 6.61 Å². The quantitative estimate of drug-likeness (QED) is 0.822. The molecule has 0 unspecified atom stereocenters. The van der Waals surface area contributed by atoms with E-state index in [0.717, 1.165) is 5.56 Å². The van der Waals surface area contributed by atoms with E-state index >= 15 is 0 Å². The molecule has 0 aromatic heterocycles. The molecule has 1 N–H and O–H groups in total. The summed E-state index contributed by atoms with van der Waals surface area (Å²) in [5.41, 5.74) is 0.843. The average molecular weight is 324 g/mol. The van der Waals surface area contributed by atoms with E-state index in [0.29, 0.717) is 0 Å². The molecule has 0 amide bonds. The van der Waals surface area contributed by atoms with E-state index < -0.39 is 43.0 Å². The molecule has 3 rings (SSSR count). The zero-order valence-corrected chi connectivity index (χ0v) is 13.0. The minimum atomic E-state index is -1.14. The molecule has 0 saturated carbocycles. The van der Waals surface area contributed by atoms with Crippen LogP contribution in [0.1, 0.15) is 18.8 Å². The zero-order valence-electron chi connectivity index (χ0n) is 13.0. The molecular formula is C16H20O7. The second-order valence-corrected chi connectivity index (χ2v) is 5.52. The highest BCUT2D eigenvalue weighted by Gasteiger charge is 2.51. The van der Waals surface area contributed by atoms with Crippen LogP contribution < -0.4 is 0 Å². The number of esters is 1. The van der Waals surface area contributed by atoms with Crippen molar-refractivity contribution in [3.63, 3.8) is 0 Å². The van der Waals surface area contributed by atoms with Crippen molar-refractivity contribution in [2.75, 3.05) is 13.7 Å². The smallest absolute Gasteiger partial charge is 0.303 e. The fourth-order valence-corrected chi connectivity index (χ4v) is 2.86. The van der Waals surface area contributed by atoms with Gasteiger partial charge in [-0.25, -0.2) is 0 Å². The fourth-order valence-electron chi connectivity index (χ4n) is 2.86. The lowest BCUT2D eigenvalue weighted by Crippen LogP contribution is -2.63. The highest BCUT2D eigenvalue weighted by Crippen LogP contribution is 2.35. The monoisotopic (exact) mass is 324 g/mol. The van der Waals surface area contributed by atoms with Gasteiger partial charge in [-0.3, -0.25) is 4.79 Å². The molecule has 2 fully saturated rings. The molecule has 1 aromatic rings. The lowest BCUT2D eigenvalue weighted by atomic mass is 9.97. The SMILES string of the molecule is CO[C@@H]1O[C@@H]2CO[C@@H](c3ccccc3)O[C@H]2[C@H](OC(C)=O)[C@H]1O. The summed E-state index contributed by atoms with van der Waals surface area (Å²) < 4.78 is 27.6. The van der Waals surface area contributed by atoms with Gasteiger partial charge in [0.25, 0.3) is 0 Å². The number of carbonyl (C=O) groups excluding carboxylic acids is 1. The Morgan fingerprint density at radius 2 is 2.00 bits per heavy atom. The summed E-state index contributed by atoms with van der Waals surface area (Å²) in [5, 5.41) is 10.3. The summed E-state index contributed by atoms with van der Waals surface area (Å²) >= 11 is 0. The number of methoxy groups -OCH3 is 1. The first-order valence-electron chi connectivity index (χ1n) is 7.45. The number of aliphatic hydroxyl groups excluding tert-OH is 1. The van der Waals surface area contributed by atoms with Crippen LogP contribution in [0, 0.1) is 0 Å². The number of rotatable bonds is 3. The van der Waals surface area contributed by atoms with E-state index in [1.165, 1.54) is 14.0 Å². The molecule has 1 aromatic carbocycles. The molecule has 0 radical (unpaired) electrons. The summed E-state index contributed by atoms with van der Waals surface area (Å²) in [6.45, 7) is 1.53. The number of hydrogen-bond donors (Lipinski definition) is 1. The van der Waals surface area contributed by atoms with Crippen molar-refractivity contribution < 1.29 is 33.6 Å². The maximum Gasteiger partial charge on any atom is 0.303 e. The van der Waals surface area contributed by atoms with E-state index in [1.807, 2.05) is 30.3 Å². The molecule has 2 heterocycles. The van der Waals surface area contributed by atoms with Gasteiger partial charge in [0.1, 0.15) is 18.3 Å². The number of aliphatic hydroxyl groups is 1. The molecule has 7 nitrogen and oxygen atoms in total. The van der Waals surface area contributed by atoms with Crippen LogP contribution in [-0.4, -0.2) is 55.5 Å². The molecule has 0 spiro atoms. The number of fused-ring (bicyclic) bond motifs is 1. The molecule has 0 bridgehead atoms. The van der Waals surface area contributed by atoms with Crippen LogP contribution >= 0.6 is 0 Å². The maximum absolute atomic E-state index is 11.4. The second kappa shape index (κ2) is 6.94. The predicted molar refractivity (Wildman–Crippen MR) is 77.2 cm³/mol. The van der Waals surface area contributed by atoms with Crippen LogP contribution in [-0.2, 0) is 28.5 Å². The van der Waals surface area contributed by atoms with E-state index in [4.69, 9.17) is 23.7 Å². The molecule has 2 aliphatic heterocycles. The molecular weight excluding hydrogens is 304 g/mol. The van der Waals surface area contributed by atoms with Crippen molar-refractivity contribution in [3.05, 3.63) is 35.9 Å². The molecule has 7 heteroatoms. The van der Waals surface area contributed by atoms with E-state index in [-0.39, 0.29) is 6.61 Å². The number of hydrogen-bond acceptors (Lipinski definition) is 7. The van der Waals surface area contributed by atoms with Crippen molar-refractivity contribution >= 4 is 5.97 Å². The standard InChI is InChI=1S/C16H20O7/c1-9(17)21-14-12(18)16(19-2)22-11-8-20-15(23-13(11)14)10-6-4-3-5-7-10/h3-7,11-16,18H,8H2,1-2H3/t11-,12-,13-,14-,15-,16-/m1/s1. The number of benzene rings is 1. The van der Waals surface area contributed by atoms with Crippen molar-refractivity contribution in [3.8, 4) is 0 Å². The third-order valence-corrected chi connectivity index (χ3v) is 3.91. The van der Waals surface area contributed by atoms with Gasteiger partial charge < -0.3 is 28.8 Å². The van der Waals surface area contributed by atoms with E-state index in [1.54, 1.807) is 0 Å². The Labute approximate surface area is 134 Å². The molecule has 23 heavy (non-hydrogen) atoms. The Hall–Kier alpha value is -1.51. The van der Waals surface area contributed by atoms with Crippen LogP contribution in [0.3, 0.4) is 0 Å². The lowest BCUT2D eigenvalue weighted by Gasteiger charge is -2.46. The van der Waals surface area contributed by atoms with Gasteiger partial charge in [-0.2, -0.15) is 0 Å². The zero-order chi connectivity index (χ0) is 16.4. The third kappa shape index (κ3) is 3.39. The molecule has 126 valence electrons. The van der Waals surface area contributed by atoms with Gasteiger partial charge in [-0.15, -0.1) is 0 Å². The fraction of sp³-hybridized carbons (Fsp3) is 0.562. The van der Waals surface area contributed by atoms with Gasteiger partial charge in [0.15, 0.2) is 18.7 Å².